The van der Waals surface area contributed by atoms with Gasteiger partial charge in [0.15, 0.2) is 0 Å². The molecule has 2 N–H and O–H groups in total. The molecular formula is C15H11N7O4. The first kappa shape index (κ1) is 16.7. The van der Waals surface area contributed by atoms with E-state index >= 15 is 0 Å². The van der Waals surface area contributed by atoms with Crippen LogP contribution in [0, 0.1) is 20.2 Å². The fourth-order valence-corrected chi connectivity index (χ4v) is 2.13. The smallest absolute Gasteiger partial charge is 0.334 e. The number of hydrogen-bond acceptors (Lipinski definition) is 9. The minimum absolute atomic E-state index is 0.0587. The molecule has 2 aromatic heterocycles. The summed E-state index contributed by atoms with van der Waals surface area (Å²) in [4.78, 5) is 33.0. The van der Waals surface area contributed by atoms with E-state index in [4.69, 9.17) is 0 Å². The third kappa shape index (κ3) is 3.67. The average molecular weight is 353 g/mol. The number of anilines is 4. The summed E-state index contributed by atoms with van der Waals surface area (Å²) in [6.45, 7) is 0. The van der Waals surface area contributed by atoms with E-state index in [0.717, 1.165) is 6.33 Å². The number of benzene rings is 1. The minimum atomic E-state index is -0.648. The van der Waals surface area contributed by atoms with Crippen LogP contribution in [-0.2, 0) is 0 Å². The third-order valence-electron chi connectivity index (χ3n) is 3.24. The summed E-state index contributed by atoms with van der Waals surface area (Å²) in [5, 5.41) is 27.9. The van der Waals surface area contributed by atoms with Crippen molar-refractivity contribution in [2.24, 2.45) is 0 Å². The predicted molar refractivity (Wildman–Crippen MR) is 92.6 cm³/mol. The molecule has 0 saturated carbocycles. The second-order valence-corrected chi connectivity index (χ2v) is 4.95. The molecule has 0 aliphatic carbocycles. The first-order valence-corrected chi connectivity index (χ1v) is 7.23. The zero-order chi connectivity index (χ0) is 18.5. The van der Waals surface area contributed by atoms with Crippen molar-refractivity contribution in [1.82, 2.24) is 15.0 Å². The molecule has 1 aromatic carbocycles. The number of nitrogens with zero attached hydrogens (tertiary/aromatic N) is 5. The van der Waals surface area contributed by atoms with Crippen molar-refractivity contribution in [3.63, 3.8) is 0 Å². The average Bonchev–Trinajstić information content (AvgIpc) is 2.62. The van der Waals surface area contributed by atoms with Gasteiger partial charge >= 0.3 is 5.69 Å². The van der Waals surface area contributed by atoms with Crippen molar-refractivity contribution >= 4 is 34.5 Å². The van der Waals surface area contributed by atoms with Gasteiger partial charge in [0.1, 0.15) is 12.1 Å². The first-order chi connectivity index (χ1) is 12.5. The Labute approximate surface area is 146 Å². The highest BCUT2D eigenvalue weighted by molar-refractivity contribution is 5.76. The first-order valence-electron chi connectivity index (χ1n) is 7.23. The van der Waals surface area contributed by atoms with Gasteiger partial charge in [0.05, 0.1) is 9.85 Å². The largest absolute Gasteiger partial charge is 0.353 e. The summed E-state index contributed by atoms with van der Waals surface area (Å²) in [6, 6.07) is 10.6. The molecule has 0 aliphatic rings. The van der Waals surface area contributed by atoms with E-state index in [1.165, 1.54) is 30.5 Å². The molecule has 2 heterocycles. The van der Waals surface area contributed by atoms with Crippen molar-refractivity contribution in [2.75, 3.05) is 10.6 Å². The number of aromatic nitrogens is 3. The molecule has 3 aromatic rings. The van der Waals surface area contributed by atoms with Crippen LogP contribution in [0.3, 0.4) is 0 Å². The van der Waals surface area contributed by atoms with Crippen molar-refractivity contribution in [1.29, 1.82) is 0 Å². The van der Waals surface area contributed by atoms with Crippen LogP contribution < -0.4 is 10.6 Å². The Kier molecular flexibility index (Phi) is 4.60. The third-order valence-corrected chi connectivity index (χ3v) is 3.24. The van der Waals surface area contributed by atoms with E-state index in [-0.39, 0.29) is 23.0 Å². The number of nitro groups is 2. The van der Waals surface area contributed by atoms with Crippen molar-refractivity contribution in [3.8, 4) is 0 Å². The molecule has 0 spiro atoms. The van der Waals surface area contributed by atoms with Gasteiger partial charge < -0.3 is 10.6 Å². The summed E-state index contributed by atoms with van der Waals surface area (Å²) < 4.78 is 0. The second-order valence-electron chi connectivity index (χ2n) is 4.95. The number of nitrogens with one attached hydrogen (secondary N) is 2. The van der Waals surface area contributed by atoms with Crippen molar-refractivity contribution < 1.29 is 9.85 Å². The molecule has 0 atom stereocenters. The maximum absolute atomic E-state index is 11.5. The Balaban J connectivity index is 1.97. The van der Waals surface area contributed by atoms with Crippen LogP contribution in [0.15, 0.2) is 55.0 Å². The van der Waals surface area contributed by atoms with E-state index in [1.807, 2.05) is 0 Å². The molecule has 0 aliphatic heterocycles. The Hall–Kier alpha value is -4.15. The highest BCUT2D eigenvalue weighted by Gasteiger charge is 2.24. The van der Waals surface area contributed by atoms with Gasteiger partial charge in [0.25, 0.3) is 5.69 Å². The number of non-ortho nitro benzene ring substituents is 1. The van der Waals surface area contributed by atoms with Crippen LogP contribution in [0.25, 0.3) is 0 Å². The summed E-state index contributed by atoms with van der Waals surface area (Å²) in [6.07, 6.45) is 2.66. The summed E-state index contributed by atoms with van der Waals surface area (Å²) in [5.41, 5.74) is -0.284. The second kappa shape index (κ2) is 7.17. The van der Waals surface area contributed by atoms with Gasteiger partial charge in [-0.15, -0.1) is 0 Å². The van der Waals surface area contributed by atoms with E-state index in [2.05, 4.69) is 25.6 Å². The lowest BCUT2D eigenvalue weighted by molar-refractivity contribution is -0.384. The van der Waals surface area contributed by atoms with Gasteiger partial charge in [-0.1, -0.05) is 12.1 Å². The highest BCUT2D eigenvalue weighted by Crippen LogP contribution is 2.33. The zero-order valence-electron chi connectivity index (χ0n) is 13.1. The van der Waals surface area contributed by atoms with Crippen LogP contribution in [0.1, 0.15) is 0 Å². The van der Waals surface area contributed by atoms with Crippen LogP contribution in [0.4, 0.5) is 34.5 Å². The SMILES string of the molecule is O=[N+]([O-])c1cccc(Nc2ncnc(Nc3ccccn3)c2[N+](=O)[O-])c1. The van der Waals surface area contributed by atoms with Gasteiger partial charge in [-0.3, -0.25) is 20.2 Å². The molecule has 11 nitrogen and oxygen atoms in total. The number of nitro benzene ring substituents is 1. The molecule has 130 valence electrons. The van der Waals surface area contributed by atoms with E-state index in [0.29, 0.717) is 5.82 Å². The molecule has 0 fully saturated rings. The standard InChI is InChI=1S/C15H11N7O4/c23-21(24)11-5-3-4-10(8-11)19-14-13(22(25)26)15(18-9-17-14)20-12-6-1-2-7-16-12/h1-9H,(H2,16,17,18,19,20). The number of pyridine rings is 1. The molecule has 0 saturated heterocycles. The Bertz CT molecular complexity index is 965. The monoisotopic (exact) mass is 353 g/mol. The highest BCUT2D eigenvalue weighted by atomic mass is 16.6. The Morgan fingerprint density at radius 2 is 1.62 bits per heavy atom. The van der Waals surface area contributed by atoms with Gasteiger partial charge in [-0.05, 0) is 18.2 Å². The Morgan fingerprint density at radius 3 is 2.27 bits per heavy atom. The van der Waals surface area contributed by atoms with Crippen LogP contribution in [0.2, 0.25) is 0 Å². The maximum Gasteiger partial charge on any atom is 0.353 e. The van der Waals surface area contributed by atoms with Gasteiger partial charge in [-0.25, -0.2) is 15.0 Å². The van der Waals surface area contributed by atoms with Crippen molar-refractivity contribution in [3.05, 3.63) is 75.2 Å². The number of rotatable bonds is 6. The molecule has 0 bridgehead atoms. The van der Waals surface area contributed by atoms with Crippen LogP contribution in [-0.4, -0.2) is 24.8 Å². The summed E-state index contributed by atoms with van der Waals surface area (Å²) in [5.74, 6) is 0.205. The minimum Gasteiger partial charge on any atom is -0.334 e. The maximum atomic E-state index is 11.5. The molecule has 0 unspecified atom stereocenters. The van der Waals surface area contributed by atoms with E-state index in [9.17, 15) is 20.2 Å². The number of hydrogen-bond donors (Lipinski definition) is 2. The zero-order valence-corrected chi connectivity index (χ0v) is 13.1. The van der Waals surface area contributed by atoms with E-state index in [1.54, 1.807) is 18.2 Å². The van der Waals surface area contributed by atoms with Gasteiger partial charge in [-0.2, -0.15) is 0 Å². The lowest BCUT2D eigenvalue weighted by atomic mass is 10.2. The predicted octanol–water partition coefficient (Wildman–Crippen LogP) is 3.18. The molecule has 0 amide bonds. The Morgan fingerprint density at radius 1 is 0.846 bits per heavy atom. The molecule has 0 radical (unpaired) electrons. The fraction of sp³-hybridized carbons (Fsp3) is 0. The van der Waals surface area contributed by atoms with Crippen molar-refractivity contribution in [2.45, 2.75) is 0 Å². The lowest BCUT2D eigenvalue weighted by Crippen LogP contribution is -2.06. The summed E-state index contributed by atoms with van der Waals surface area (Å²) in [7, 11) is 0. The van der Waals surface area contributed by atoms with Crippen LogP contribution >= 0.6 is 0 Å². The van der Waals surface area contributed by atoms with Gasteiger partial charge in [0.2, 0.25) is 11.6 Å². The van der Waals surface area contributed by atoms with E-state index < -0.39 is 15.5 Å². The summed E-state index contributed by atoms with van der Waals surface area (Å²) >= 11 is 0. The lowest BCUT2D eigenvalue weighted by Gasteiger charge is -2.09. The quantitative estimate of drug-likeness (QED) is 0.503. The van der Waals surface area contributed by atoms with Crippen LogP contribution in [0.5, 0.6) is 0 Å². The molecule has 26 heavy (non-hydrogen) atoms. The molecular weight excluding hydrogens is 342 g/mol. The molecule has 11 heteroatoms. The fourth-order valence-electron chi connectivity index (χ4n) is 2.13. The molecule has 3 rings (SSSR count). The van der Waals surface area contributed by atoms with Gasteiger partial charge in [0, 0.05) is 24.0 Å². The normalized spacial score (nSPS) is 10.2. The topological polar surface area (TPSA) is 149 Å².